The van der Waals surface area contributed by atoms with Crippen molar-refractivity contribution in [1.29, 1.82) is 0 Å². The molecule has 0 aromatic heterocycles. The second-order valence-electron chi connectivity index (χ2n) is 7.19. The summed E-state index contributed by atoms with van der Waals surface area (Å²) in [5.41, 5.74) is 8.83. The maximum absolute atomic E-state index is 12.9. The van der Waals surface area contributed by atoms with E-state index in [9.17, 15) is 4.79 Å². The van der Waals surface area contributed by atoms with E-state index in [1.54, 1.807) is 7.11 Å². The Balaban J connectivity index is 1.31. The lowest BCUT2D eigenvalue weighted by molar-refractivity contribution is -0.133. The second kappa shape index (κ2) is 8.51. The lowest BCUT2D eigenvalue weighted by Gasteiger charge is -2.37. The SMILES string of the molecule is COc1ccc(N2CCN(C(=O)C3CC(c4ccc(Br)cc4)NN3)CC2)cc1. The summed E-state index contributed by atoms with van der Waals surface area (Å²) in [5, 5.41) is 0. The number of nitrogens with zero attached hydrogens (tertiary/aromatic N) is 2. The van der Waals surface area contributed by atoms with Gasteiger partial charge in [0, 0.05) is 42.4 Å². The molecular weight excluding hydrogens is 420 g/mol. The summed E-state index contributed by atoms with van der Waals surface area (Å²) >= 11 is 3.46. The van der Waals surface area contributed by atoms with Crippen molar-refractivity contribution in [3.63, 3.8) is 0 Å². The van der Waals surface area contributed by atoms with E-state index in [0.29, 0.717) is 0 Å². The zero-order valence-corrected chi connectivity index (χ0v) is 17.5. The monoisotopic (exact) mass is 444 g/mol. The van der Waals surface area contributed by atoms with Gasteiger partial charge in [0.05, 0.1) is 7.11 Å². The van der Waals surface area contributed by atoms with Crippen molar-refractivity contribution in [2.75, 3.05) is 38.2 Å². The summed E-state index contributed by atoms with van der Waals surface area (Å²) < 4.78 is 6.28. The number of piperazine rings is 1. The zero-order chi connectivity index (χ0) is 19.5. The first-order chi connectivity index (χ1) is 13.6. The van der Waals surface area contributed by atoms with Gasteiger partial charge in [0.2, 0.25) is 5.91 Å². The fraction of sp³-hybridized carbons (Fsp3) is 0.381. The van der Waals surface area contributed by atoms with Gasteiger partial charge in [-0.25, -0.2) is 10.9 Å². The Morgan fingerprint density at radius 2 is 1.68 bits per heavy atom. The van der Waals surface area contributed by atoms with E-state index < -0.39 is 0 Å². The normalized spacial score (nSPS) is 22.4. The first-order valence-corrected chi connectivity index (χ1v) is 10.4. The van der Waals surface area contributed by atoms with Gasteiger partial charge in [-0.2, -0.15) is 0 Å². The molecule has 148 valence electrons. The quantitative estimate of drug-likeness (QED) is 0.758. The molecule has 28 heavy (non-hydrogen) atoms. The average Bonchev–Trinajstić information content (AvgIpc) is 3.24. The number of anilines is 1. The predicted molar refractivity (Wildman–Crippen MR) is 113 cm³/mol. The molecule has 0 spiro atoms. The van der Waals surface area contributed by atoms with Crippen LogP contribution in [0, 0.1) is 0 Å². The van der Waals surface area contributed by atoms with Crippen LogP contribution in [0.25, 0.3) is 0 Å². The molecule has 0 radical (unpaired) electrons. The number of benzene rings is 2. The Morgan fingerprint density at radius 1 is 1.00 bits per heavy atom. The predicted octanol–water partition coefficient (Wildman–Crippen LogP) is 2.71. The topological polar surface area (TPSA) is 56.8 Å². The number of halogens is 1. The maximum Gasteiger partial charge on any atom is 0.241 e. The lowest BCUT2D eigenvalue weighted by Crippen LogP contribution is -2.53. The Labute approximate surface area is 173 Å². The molecule has 2 aliphatic rings. The summed E-state index contributed by atoms with van der Waals surface area (Å²) in [6.45, 7) is 3.17. The third-order valence-corrected chi connectivity index (χ3v) is 6.03. The van der Waals surface area contributed by atoms with Crippen LogP contribution in [0.4, 0.5) is 5.69 Å². The molecule has 2 aromatic carbocycles. The van der Waals surface area contributed by atoms with E-state index in [1.807, 2.05) is 29.2 Å². The number of ether oxygens (including phenoxy) is 1. The highest BCUT2D eigenvalue weighted by Gasteiger charge is 2.34. The van der Waals surface area contributed by atoms with E-state index >= 15 is 0 Å². The van der Waals surface area contributed by atoms with Crippen LogP contribution in [0.1, 0.15) is 18.0 Å². The molecule has 6 nitrogen and oxygen atoms in total. The number of hydrogen-bond donors (Lipinski definition) is 2. The summed E-state index contributed by atoms with van der Waals surface area (Å²) in [5.74, 6) is 1.04. The summed E-state index contributed by atoms with van der Waals surface area (Å²) in [7, 11) is 1.67. The molecule has 4 rings (SSSR count). The van der Waals surface area contributed by atoms with Crippen LogP contribution in [0.3, 0.4) is 0 Å². The van der Waals surface area contributed by atoms with Crippen molar-refractivity contribution in [2.45, 2.75) is 18.5 Å². The molecule has 0 saturated carbocycles. The fourth-order valence-corrected chi connectivity index (χ4v) is 4.09. The van der Waals surface area contributed by atoms with E-state index in [0.717, 1.165) is 42.8 Å². The van der Waals surface area contributed by atoms with Gasteiger partial charge < -0.3 is 14.5 Å². The molecule has 2 N–H and O–H groups in total. The summed E-state index contributed by atoms with van der Waals surface area (Å²) in [6.07, 6.45) is 0.763. The molecule has 2 unspecified atom stereocenters. The van der Waals surface area contributed by atoms with Gasteiger partial charge in [-0.3, -0.25) is 4.79 Å². The first-order valence-electron chi connectivity index (χ1n) is 9.58. The van der Waals surface area contributed by atoms with Crippen molar-refractivity contribution >= 4 is 27.5 Å². The van der Waals surface area contributed by atoms with Crippen molar-refractivity contribution in [3.8, 4) is 5.75 Å². The average molecular weight is 445 g/mol. The Kier molecular flexibility index (Phi) is 5.85. The lowest BCUT2D eigenvalue weighted by atomic mass is 10.0. The molecule has 2 atom stereocenters. The van der Waals surface area contributed by atoms with Crippen molar-refractivity contribution in [1.82, 2.24) is 15.8 Å². The molecule has 0 aliphatic carbocycles. The minimum atomic E-state index is -0.179. The van der Waals surface area contributed by atoms with Crippen LogP contribution in [0.2, 0.25) is 0 Å². The highest BCUT2D eigenvalue weighted by molar-refractivity contribution is 9.10. The Hall–Kier alpha value is -2.09. The number of hydrazine groups is 1. The Bertz CT molecular complexity index is 804. The van der Waals surface area contributed by atoms with Crippen molar-refractivity contribution in [3.05, 3.63) is 58.6 Å². The molecule has 0 bridgehead atoms. The van der Waals surface area contributed by atoms with Crippen LogP contribution < -0.4 is 20.5 Å². The minimum absolute atomic E-state index is 0.155. The number of rotatable bonds is 4. The molecule has 7 heteroatoms. The van der Waals surface area contributed by atoms with E-state index in [2.05, 4.69) is 55.9 Å². The highest BCUT2D eigenvalue weighted by Crippen LogP contribution is 2.25. The number of nitrogens with one attached hydrogen (secondary N) is 2. The standard InChI is InChI=1S/C21H25BrN4O2/c1-28-18-8-6-17(7-9-18)25-10-12-26(13-11-25)21(27)20-14-19(23-24-20)15-2-4-16(22)5-3-15/h2-9,19-20,23-24H,10-14H2,1H3. The molecule has 2 aromatic rings. The van der Waals surface area contributed by atoms with E-state index in [4.69, 9.17) is 4.74 Å². The van der Waals surface area contributed by atoms with Crippen LogP contribution in [-0.4, -0.2) is 50.1 Å². The number of methoxy groups -OCH3 is 1. The van der Waals surface area contributed by atoms with Crippen LogP contribution >= 0.6 is 15.9 Å². The number of hydrogen-bond acceptors (Lipinski definition) is 5. The number of amides is 1. The van der Waals surface area contributed by atoms with Gasteiger partial charge in [-0.1, -0.05) is 28.1 Å². The highest BCUT2D eigenvalue weighted by atomic mass is 79.9. The van der Waals surface area contributed by atoms with Gasteiger partial charge in [0.15, 0.2) is 0 Å². The van der Waals surface area contributed by atoms with Gasteiger partial charge in [-0.05, 0) is 48.4 Å². The van der Waals surface area contributed by atoms with Crippen LogP contribution in [-0.2, 0) is 4.79 Å². The third-order valence-electron chi connectivity index (χ3n) is 5.50. The van der Waals surface area contributed by atoms with Crippen LogP contribution in [0.15, 0.2) is 53.0 Å². The molecule has 2 aliphatic heterocycles. The maximum atomic E-state index is 12.9. The minimum Gasteiger partial charge on any atom is -0.497 e. The smallest absolute Gasteiger partial charge is 0.241 e. The van der Waals surface area contributed by atoms with E-state index in [-0.39, 0.29) is 18.0 Å². The van der Waals surface area contributed by atoms with Gasteiger partial charge in [0.25, 0.3) is 0 Å². The molecule has 2 heterocycles. The van der Waals surface area contributed by atoms with Gasteiger partial charge in [0.1, 0.15) is 11.8 Å². The molecule has 2 fully saturated rings. The van der Waals surface area contributed by atoms with Gasteiger partial charge >= 0.3 is 0 Å². The second-order valence-corrected chi connectivity index (χ2v) is 8.11. The number of carbonyl (C=O) groups excluding carboxylic acids is 1. The number of carbonyl (C=O) groups is 1. The Morgan fingerprint density at radius 3 is 2.32 bits per heavy atom. The van der Waals surface area contributed by atoms with Crippen molar-refractivity contribution in [2.24, 2.45) is 0 Å². The van der Waals surface area contributed by atoms with E-state index in [1.165, 1.54) is 11.3 Å². The molecular formula is C21H25BrN4O2. The summed E-state index contributed by atoms with van der Waals surface area (Å²) in [4.78, 5) is 17.2. The fourth-order valence-electron chi connectivity index (χ4n) is 3.83. The largest absolute Gasteiger partial charge is 0.497 e. The van der Waals surface area contributed by atoms with Crippen molar-refractivity contribution < 1.29 is 9.53 Å². The summed E-state index contributed by atoms with van der Waals surface area (Å²) in [6, 6.07) is 16.3. The van der Waals surface area contributed by atoms with Gasteiger partial charge in [-0.15, -0.1) is 0 Å². The molecule has 1 amide bonds. The molecule has 2 saturated heterocycles. The van der Waals surface area contributed by atoms with Crippen LogP contribution in [0.5, 0.6) is 5.75 Å². The first kappa shape index (κ1) is 19.2. The zero-order valence-electron chi connectivity index (χ0n) is 15.9. The third kappa shape index (κ3) is 4.16.